The number of hydrogen-bond donors (Lipinski definition) is 3. The van der Waals surface area contributed by atoms with E-state index in [2.05, 4.69) is 22.8 Å². The van der Waals surface area contributed by atoms with Gasteiger partial charge in [0.2, 0.25) is 5.91 Å². The highest BCUT2D eigenvalue weighted by atomic mass is 16.5. The first-order chi connectivity index (χ1) is 16.4. The van der Waals surface area contributed by atoms with E-state index in [1.165, 1.54) is 13.3 Å². The number of hydrogen-bond acceptors (Lipinski definition) is 4. The Labute approximate surface area is 199 Å². The van der Waals surface area contributed by atoms with Crippen molar-refractivity contribution in [2.75, 3.05) is 6.61 Å². The molecule has 3 N–H and O–H groups in total. The van der Waals surface area contributed by atoms with Crippen molar-refractivity contribution in [3.63, 3.8) is 0 Å². The van der Waals surface area contributed by atoms with Gasteiger partial charge in [0.15, 0.2) is 0 Å². The van der Waals surface area contributed by atoms with Crippen molar-refractivity contribution < 1.29 is 24.2 Å². The molecule has 0 saturated heterocycles. The van der Waals surface area contributed by atoms with Gasteiger partial charge in [0.1, 0.15) is 18.7 Å². The molecular formula is C27H32N2O5. The number of ether oxygens (including phenoxy) is 1. The summed E-state index contributed by atoms with van der Waals surface area (Å²) in [7, 11) is 0. The molecule has 2 aromatic rings. The molecule has 2 aliphatic rings. The normalized spacial score (nSPS) is 17.2. The molecule has 4 rings (SSSR count). The second kappa shape index (κ2) is 10.7. The monoisotopic (exact) mass is 464 g/mol. The van der Waals surface area contributed by atoms with Crippen molar-refractivity contribution in [3.8, 4) is 11.1 Å². The lowest BCUT2D eigenvalue weighted by Crippen LogP contribution is -2.51. The minimum Gasteiger partial charge on any atom is -0.480 e. The molecule has 0 heterocycles. The maximum atomic E-state index is 12.8. The number of amides is 2. The molecule has 180 valence electrons. The van der Waals surface area contributed by atoms with Crippen LogP contribution in [0.4, 0.5) is 4.79 Å². The van der Waals surface area contributed by atoms with Gasteiger partial charge in [-0.2, -0.15) is 0 Å². The molecule has 0 spiro atoms. The van der Waals surface area contributed by atoms with Gasteiger partial charge >= 0.3 is 12.1 Å². The Kier molecular flexibility index (Phi) is 7.50. The molecule has 0 aromatic heterocycles. The van der Waals surface area contributed by atoms with Gasteiger partial charge in [-0.25, -0.2) is 4.79 Å². The SMILES string of the molecule is CC(NC(=O)C(CC1CCCCC1)NC(=O)OCC1c2ccccc2-c2ccccc21)C(=O)O. The predicted octanol–water partition coefficient (Wildman–Crippen LogP) is 4.45. The highest BCUT2D eigenvalue weighted by Crippen LogP contribution is 2.44. The molecule has 2 atom stereocenters. The van der Waals surface area contributed by atoms with E-state index < -0.39 is 30.1 Å². The molecule has 34 heavy (non-hydrogen) atoms. The topological polar surface area (TPSA) is 105 Å². The van der Waals surface area contributed by atoms with E-state index in [9.17, 15) is 14.4 Å². The maximum Gasteiger partial charge on any atom is 0.407 e. The van der Waals surface area contributed by atoms with Gasteiger partial charge in [-0.15, -0.1) is 0 Å². The Bertz CT molecular complexity index is 1000. The molecule has 7 nitrogen and oxygen atoms in total. The summed E-state index contributed by atoms with van der Waals surface area (Å²) < 4.78 is 5.62. The van der Waals surface area contributed by atoms with Gasteiger partial charge < -0.3 is 20.5 Å². The molecule has 0 aliphatic heterocycles. The highest BCUT2D eigenvalue weighted by molar-refractivity contribution is 5.89. The third-order valence-electron chi connectivity index (χ3n) is 6.98. The highest BCUT2D eigenvalue weighted by Gasteiger charge is 2.31. The smallest absolute Gasteiger partial charge is 0.407 e. The van der Waals surface area contributed by atoms with Gasteiger partial charge in [-0.3, -0.25) is 9.59 Å². The lowest BCUT2D eigenvalue weighted by atomic mass is 9.84. The van der Waals surface area contributed by atoms with Gasteiger partial charge in [-0.05, 0) is 41.5 Å². The predicted molar refractivity (Wildman–Crippen MR) is 128 cm³/mol. The minimum atomic E-state index is -1.12. The Morgan fingerprint density at radius 2 is 1.53 bits per heavy atom. The van der Waals surface area contributed by atoms with Crippen molar-refractivity contribution in [2.24, 2.45) is 5.92 Å². The average Bonchev–Trinajstić information content (AvgIpc) is 3.16. The summed E-state index contributed by atoms with van der Waals surface area (Å²) in [5.74, 6) is -1.37. The summed E-state index contributed by atoms with van der Waals surface area (Å²) in [6, 6.07) is 14.3. The van der Waals surface area contributed by atoms with E-state index in [-0.39, 0.29) is 12.5 Å². The first kappa shape index (κ1) is 23.8. The number of carboxylic acid groups (broad SMARTS) is 1. The van der Waals surface area contributed by atoms with Gasteiger partial charge in [0.25, 0.3) is 0 Å². The quantitative estimate of drug-likeness (QED) is 0.535. The number of benzene rings is 2. The summed E-state index contributed by atoms with van der Waals surface area (Å²) >= 11 is 0. The Hall–Kier alpha value is -3.35. The van der Waals surface area contributed by atoms with Crippen LogP contribution in [-0.4, -0.2) is 41.8 Å². The maximum absolute atomic E-state index is 12.8. The Morgan fingerprint density at radius 1 is 0.941 bits per heavy atom. The molecular weight excluding hydrogens is 432 g/mol. The Morgan fingerprint density at radius 3 is 2.12 bits per heavy atom. The van der Waals surface area contributed by atoms with E-state index in [1.54, 1.807) is 0 Å². The average molecular weight is 465 g/mol. The van der Waals surface area contributed by atoms with Crippen LogP contribution < -0.4 is 10.6 Å². The van der Waals surface area contributed by atoms with Gasteiger partial charge in [0.05, 0.1) is 0 Å². The molecule has 2 unspecified atom stereocenters. The first-order valence-electron chi connectivity index (χ1n) is 12.1. The van der Waals surface area contributed by atoms with Crippen molar-refractivity contribution >= 4 is 18.0 Å². The number of carboxylic acids is 1. The minimum absolute atomic E-state index is 0.0733. The molecule has 2 aromatic carbocycles. The number of fused-ring (bicyclic) bond motifs is 3. The number of aliphatic carboxylic acids is 1. The first-order valence-corrected chi connectivity index (χ1v) is 12.1. The zero-order valence-corrected chi connectivity index (χ0v) is 19.5. The zero-order chi connectivity index (χ0) is 24.1. The van der Waals surface area contributed by atoms with Crippen LogP contribution in [0.2, 0.25) is 0 Å². The van der Waals surface area contributed by atoms with Crippen molar-refractivity contribution in [2.45, 2.75) is 63.5 Å². The molecule has 7 heteroatoms. The zero-order valence-electron chi connectivity index (χ0n) is 19.5. The summed E-state index contributed by atoms with van der Waals surface area (Å²) in [6.07, 6.45) is 5.21. The standard InChI is InChI=1S/C27H32N2O5/c1-17(26(31)32)28-25(30)24(15-18-9-3-2-4-10-18)29-27(33)34-16-23-21-13-7-5-11-19(21)20-12-6-8-14-22(20)23/h5-8,11-14,17-18,23-24H,2-4,9-10,15-16H2,1H3,(H,28,30)(H,29,33)(H,31,32). The lowest BCUT2D eigenvalue weighted by Gasteiger charge is -2.27. The van der Waals surface area contributed by atoms with E-state index >= 15 is 0 Å². The molecule has 1 fully saturated rings. The molecule has 0 bridgehead atoms. The fourth-order valence-corrected chi connectivity index (χ4v) is 5.15. The number of carbonyl (C=O) groups excluding carboxylic acids is 2. The second-order valence-corrected chi connectivity index (χ2v) is 9.33. The van der Waals surface area contributed by atoms with Gasteiger partial charge in [0, 0.05) is 5.92 Å². The summed E-state index contributed by atoms with van der Waals surface area (Å²) in [4.78, 5) is 36.8. The van der Waals surface area contributed by atoms with Crippen LogP contribution in [0.25, 0.3) is 11.1 Å². The number of alkyl carbamates (subject to hydrolysis) is 1. The number of nitrogens with one attached hydrogen (secondary N) is 2. The third-order valence-corrected chi connectivity index (χ3v) is 6.98. The fourth-order valence-electron chi connectivity index (χ4n) is 5.15. The Balaban J connectivity index is 1.42. The van der Waals surface area contributed by atoms with Crippen molar-refractivity contribution in [1.82, 2.24) is 10.6 Å². The van der Waals surface area contributed by atoms with Crippen LogP contribution in [-0.2, 0) is 14.3 Å². The van der Waals surface area contributed by atoms with E-state index in [0.29, 0.717) is 12.3 Å². The van der Waals surface area contributed by atoms with E-state index in [0.717, 1.165) is 47.9 Å². The second-order valence-electron chi connectivity index (χ2n) is 9.33. The largest absolute Gasteiger partial charge is 0.480 e. The third kappa shape index (κ3) is 5.41. The van der Waals surface area contributed by atoms with Crippen LogP contribution in [0.3, 0.4) is 0 Å². The van der Waals surface area contributed by atoms with Gasteiger partial charge in [-0.1, -0.05) is 80.6 Å². The van der Waals surface area contributed by atoms with Crippen molar-refractivity contribution in [3.05, 3.63) is 59.7 Å². The van der Waals surface area contributed by atoms with Crippen LogP contribution in [0.1, 0.15) is 62.5 Å². The van der Waals surface area contributed by atoms with Crippen LogP contribution in [0, 0.1) is 5.92 Å². The summed E-state index contributed by atoms with van der Waals surface area (Å²) in [6.45, 7) is 1.56. The molecule has 2 amide bonds. The van der Waals surface area contributed by atoms with Crippen molar-refractivity contribution in [1.29, 1.82) is 0 Å². The van der Waals surface area contributed by atoms with E-state index in [4.69, 9.17) is 9.84 Å². The lowest BCUT2D eigenvalue weighted by molar-refractivity contribution is -0.141. The molecule has 0 radical (unpaired) electrons. The summed E-state index contributed by atoms with van der Waals surface area (Å²) in [5.41, 5.74) is 4.51. The number of rotatable bonds is 8. The number of carbonyl (C=O) groups is 3. The van der Waals surface area contributed by atoms with E-state index in [1.807, 2.05) is 36.4 Å². The van der Waals surface area contributed by atoms with Crippen LogP contribution in [0.15, 0.2) is 48.5 Å². The molecule has 1 saturated carbocycles. The summed E-state index contributed by atoms with van der Waals surface area (Å²) in [5, 5.41) is 14.4. The molecule has 2 aliphatic carbocycles. The van der Waals surface area contributed by atoms with Crippen LogP contribution in [0.5, 0.6) is 0 Å². The van der Waals surface area contributed by atoms with Crippen LogP contribution >= 0.6 is 0 Å². The fraction of sp³-hybridized carbons (Fsp3) is 0.444.